The van der Waals surface area contributed by atoms with Crippen LogP contribution in [0.3, 0.4) is 0 Å². The van der Waals surface area contributed by atoms with E-state index in [-0.39, 0.29) is 6.04 Å². The molecule has 0 bridgehead atoms. The summed E-state index contributed by atoms with van der Waals surface area (Å²) in [7, 11) is 2.10. The average molecular weight is 334 g/mol. The Morgan fingerprint density at radius 1 is 1.39 bits per heavy atom. The summed E-state index contributed by atoms with van der Waals surface area (Å²) < 4.78 is 1.06. The van der Waals surface area contributed by atoms with Gasteiger partial charge in [0.15, 0.2) is 0 Å². The summed E-state index contributed by atoms with van der Waals surface area (Å²) in [5, 5.41) is 0.818. The smallest absolute Gasteiger partial charge is 0.0451 e. The zero-order valence-corrected chi connectivity index (χ0v) is 13.6. The Labute approximate surface area is 124 Å². The van der Waals surface area contributed by atoms with Crippen molar-refractivity contribution in [3.05, 3.63) is 33.3 Å². The summed E-state index contributed by atoms with van der Waals surface area (Å²) in [5.74, 6) is 0.535. The lowest BCUT2D eigenvalue weighted by Gasteiger charge is -2.21. The molecule has 0 radical (unpaired) electrons. The maximum atomic E-state index is 6.18. The maximum Gasteiger partial charge on any atom is 0.0451 e. The van der Waals surface area contributed by atoms with Gasteiger partial charge < -0.3 is 10.6 Å². The maximum absolute atomic E-state index is 6.18. The topological polar surface area (TPSA) is 29.3 Å². The van der Waals surface area contributed by atoms with Crippen molar-refractivity contribution in [2.45, 2.75) is 32.9 Å². The predicted octanol–water partition coefficient (Wildman–Crippen LogP) is 3.91. The van der Waals surface area contributed by atoms with Crippen LogP contribution in [0, 0.1) is 5.92 Å². The Kier molecular flexibility index (Phi) is 6.64. The number of hydrogen-bond donors (Lipinski definition) is 1. The van der Waals surface area contributed by atoms with Crippen LogP contribution in [0.5, 0.6) is 0 Å². The summed E-state index contributed by atoms with van der Waals surface area (Å²) in [4.78, 5) is 2.26. The molecule has 2 nitrogen and oxygen atoms in total. The summed E-state index contributed by atoms with van der Waals surface area (Å²) in [5.41, 5.74) is 7.20. The minimum absolute atomic E-state index is 0.269. The van der Waals surface area contributed by atoms with Gasteiger partial charge in [0.05, 0.1) is 0 Å². The summed E-state index contributed by atoms with van der Waals surface area (Å²) >= 11 is 9.65. The molecule has 1 aromatic rings. The molecule has 1 unspecified atom stereocenters. The molecule has 0 saturated carbocycles. The molecule has 1 atom stereocenters. The summed E-state index contributed by atoms with van der Waals surface area (Å²) in [6.07, 6.45) is 1.01. The first kappa shape index (κ1) is 16.0. The van der Waals surface area contributed by atoms with Crippen LogP contribution >= 0.6 is 27.5 Å². The number of nitrogens with zero attached hydrogens (tertiary/aromatic N) is 1. The van der Waals surface area contributed by atoms with Gasteiger partial charge in [0.25, 0.3) is 0 Å². The second-order valence-corrected chi connectivity index (χ2v) is 6.49. The highest BCUT2D eigenvalue weighted by molar-refractivity contribution is 9.10. The Hall–Kier alpha value is -0.0900. The van der Waals surface area contributed by atoms with Crippen LogP contribution in [0.2, 0.25) is 5.02 Å². The fourth-order valence-electron chi connectivity index (χ4n) is 1.74. The normalized spacial score (nSPS) is 13.3. The molecule has 0 heterocycles. The van der Waals surface area contributed by atoms with Gasteiger partial charge in [0.2, 0.25) is 0 Å². The van der Waals surface area contributed by atoms with E-state index in [9.17, 15) is 0 Å². The Bertz CT molecular complexity index is 382. The molecule has 0 aliphatic heterocycles. The molecule has 0 fully saturated rings. The summed E-state index contributed by atoms with van der Waals surface area (Å²) in [6.45, 7) is 6.16. The third-order valence-corrected chi connectivity index (χ3v) is 4.01. The number of hydrogen-bond acceptors (Lipinski definition) is 2. The van der Waals surface area contributed by atoms with Gasteiger partial charge in [0, 0.05) is 22.1 Å². The van der Waals surface area contributed by atoms with E-state index in [1.807, 2.05) is 12.1 Å². The van der Waals surface area contributed by atoms with Crippen molar-refractivity contribution in [3.8, 4) is 0 Å². The summed E-state index contributed by atoms with van der Waals surface area (Å²) in [6, 6.07) is 6.22. The van der Waals surface area contributed by atoms with Gasteiger partial charge in [-0.3, -0.25) is 0 Å². The Balaban J connectivity index is 2.49. The van der Waals surface area contributed by atoms with Gasteiger partial charge >= 0.3 is 0 Å². The standard InChI is InChI=1S/C14H22BrClN2/c1-10(2)14(17)6-7-18(3)9-11-8-12(15)4-5-13(11)16/h4-5,8,10,14H,6-7,9,17H2,1-3H3. The van der Waals surface area contributed by atoms with E-state index in [4.69, 9.17) is 17.3 Å². The second-order valence-electron chi connectivity index (χ2n) is 5.17. The average Bonchev–Trinajstić information content (AvgIpc) is 2.30. The van der Waals surface area contributed by atoms with Crippen molar-refractivity contribution in [1.82, 2.24) is 4.90 Å². The van der Waals surface area contributed by atoms with E-state index in [0.717, 1.165) is 34.6 Å². The van der Waals surface area contributed by atoms with Crippen LogP contribution in [0.25, 0.3) is 0 Å². The largest absolute Gasteiger partial charge is 0.327 e. The molecule has 2 N–H and O–H groups in total. The number of rotatable bonds is 6. The first-order chi connectivity index (χ1) is 8.40. The molecule has 102 valence electrons. The van der Waals surface area contributed by atoms with E-state index in [2.05, 4.69) is 47.8 Å². The molecule has 0 aromatic heterocycles. The van der Waals surface area contributed by atoms with Crippen LogP contribution in [0.1, 0.15) is 25.8 Å². The fourth-order valence-corrected chi connectivity index (χ4v) is 2.32. The fraction of sp³-hybridized carbons (Fsp3) is 0.571. The first-order valence-corrected chi connectivity index (χ1v) is 7.45. The van der Waals surface area contributed by atoms with Crippen molar-refractivity contribution in [2.24, 2.45) is 11.7 Å². The monoisotopic (exact) mass is 332 g/mol. The highest BCUT2D eigenvalue weighted by atomic mass is 79.9. The van der Waals surface area contributed by atoms with E-state index < -0.39 is 0 Å². The van der Waals surface area contributed by atoms with Crippen LogP contribution in [-0.4, -0.2) is 24.5 Å². The van der Waals surface area contributed by atoms with Crippen molar-refractivity contribution in [3.63, 3.8) is 0 Å². The molecule has 0 saturated heterocycles. The molecule has 1 aromatic carbocycles. The Morgan fingerprint density at radius 2 is 2.06 bits per heavy atom. The minimum Gasteiger partial charge on any atom is -0.327 e. The molecule has 4 heteroatoms. The van der Waals surface area contributed by atoms with E-state index >= 15 is 0 Å². The van der Waals surface area contributed by atoms with Gasteiger partial charge in [-0.25, -0.2) is 0 Å². The molecular formula is C14H22BrClN2. The molecule has 0 aliphatic carbocycles. The zero-order chi connectivity index (χ0) is 13.7. The lowest BCUT2D eigenvalue weighted by molar-refractivity contribution is 0.296. The lowest BCUT2D eigenvalue weighted by atomic mass is 10.0. The van der Waals surface area contributed by atoms with Gasteiger partial charge in [-0.15, -0.1) is 0 Å². The molecule has 0 amide bonds. The van der Waals surface area contributed by atoms with E-state index in [1.54, 1.807) is 0 Å². The highest BCUT2D eigenvalue weighted by Gasteiger charge is 2.10. The number of halogens is 2. The van der Waals surface area contributed by atoms with Gasteiger partial charge in [-0.05, 0) is 49.7 Å². The van der Waals surface area contributed by atoms with Crippen molar-refractivity contribution in [1.29, 1.82) is 0 Å². The number of nitrogens with two attached hydrogens (primary N) is 1. The van der Waals surface area contributed by atoms with Gasteiger partial charge in [0.1, 0.15) is 0 Å². The second kappa shape index (κ2) is 7.49. The first-order valence-electron chi connectivity index (χ1n) is 6.28. The molecule has 0 aliphatic rings. The number of benzene rings is 1. The van der Waals surface area contributed by atoms with Crippen LogP contribution < -0.4 is 5.73 Å². The van der Waals surface area contributed by atoms with Crippen molar-refractivity contribution >= 4 is 27.5 Å². The van der Waals surface area contributed by atoms with Crippen molar-refractivity contribution < 1.29 is 0 Å². The van der Waals surface area contributed by atoms with E-state index in [0.29, 0.717) is 5.92 Å². The van der Waals surface area contributed by atoms with Crippen LogP contribution in [-0.2, 0) is 6.54 Å². The molecule has 0 spiro atoms. The third-order valence-electron chi connectivity index (χ3n) is 3.15. The zero-order valence-electron chi connectivity index (χ0n) is 11.3. The van der Waals surface area contributed by atoms with E-state index in [1.165, 1.54) is 0 Å². The van der Waals surface area contributed by atoms with Crippen LogP contribution in [0.4, 0.5) is 0 Å². The molecular weight excluding hydrogens is 312 g/mol. The predicted molar refractivity (Wildman–Crippen MR) is 82.9 cm³/mol. The molecule has 1 rings (SSSR count). The quantitative estimate of drug-likeness (QED) is 0.855. The lowest BCUT2D eigenvalue weighted by Crippen LogP contribution is -2.31. The highest BCUT2D eigenvalue weighted by Crippen LogP contribution is 2.22. The molecule has 18 heavy (non-hydrogen) atoms. The Morgan fingerprint density at radius 3 is 2.67 bits per heavy atom. The minimum atomic E-state index is 0.269. The third kappa shape index (κ3) is 5.27. The van der Waals surface area contributed by atoms with Gasteiger partial charge in [-0.1, -0.05) is 41.4 Å². The SMILES string of the molecule is CC(C)C(N)CCN(C)Cc1cc(Br)ccc1Cl. The van der Waals surface area contributed by atoms with Crippen molar-refractivity contribution in [2.75, 3.05) is 13.6 Å². The van der Waals surface area contributed by atoms with Gasteiger partial charge in [-0.2, -0.15) is 0 Å². The van der Waals surface area contributed by atoms with Crippen LogP contribution in [0.15, 0.2) is 22.7 Å².